The summed E-state index contributed by atoms with van der Waals surface area (Å²) < 4.78 is 5.31. The lowest BCUT2D eigenvalue weighted by molar-refractivity contribution is 0.481. The van der Waals surface area contributed by atoms with E-state index in [1.165, 1.54) is 10.4 Å². The van der Waals surface area contributed by atoms with Gasteiger partial charge < -0.3 is 9.73 Å². The van der Waals surface area contributed by atoms with Crippen molar-refractivity contribution in [3.8, 4) is 0 Å². The number of furan rings is 1. The highest BCUT2D eigenvalue weighted by molar-refractivity contribution is 7.09. The molecule has 74 valence electrons. The van der Waals surface area contributed by atoms with E-state index in [0.717, 1.165) is 18.8 Å². The first-order valence-corrected chi connectivity index (χ1v) is 5.35. The van der Waals surface area contributed by atoms with E-state index >= 15 is 0 Å². The Kier molecular flexibility index (Phi) is 2.96. The van der Waals surface area contributed by atoms with Gasteiger partial charge in [-0.3, -0.25) is 4.98 Å². The van der Waals surface area contributed by atoms with E-state index in [1.807, 2.05) is 24.7 Å². The Balaban J connectivity index is 1.81. The van der Waals surface area contributed by atoms with Crippen molar-refractivity contribution >= 4 is 11.3 Å². The summed E-state index contributed by atoms with van der Waals surface area (Å²) in [4.78, 5) is 5.26. The number of nitrogens with zero attached hydrogens (tertiary/aromatic N) is 1. The van der Waals surface area contributed by atoms with E-state index in [-0.39, 0.29) is 0 Å². The highest BCUT2D eigenvalue weighted by Gasteiger charge is 2.01. The Morgan fingerprint density at radius 1 is 1.50 bits per heavy atom. The molecule has 14 heavy (non-hydrogen) atoms. The highest BCUT2D eigenvalue weighted by Crippen LogP contribution is 2.09. The normalized spacial score (nSPS) is 10.6. The van der Waals surface area contributed by atoms with Gasteiger partial charge in [-0.1, -0.05) is 0 Å². The van der Waals surface area contributed by atoms with Crippen LogP contribution in [0.25, 0.3) is 0 Å². The van der Waals surface area contributed by atoms with Gasteiger partial charge in [0.15, 0.2) is 0 Å². The van der Waals surface area contributed by atoms with Crippen LogP contribution in [0.3, 0.4) is 0 Å². The molecule has 4 heteroatoms. The van der Waals surface area contributed by atoms with Crippen molar-refractivity contribution in [1.82, 2.24) is 10.3 Å². The van der Waals surface area contributed by atoms with Gasteiger partial charge in [-0.2, -0.15) is 0 Å². The topological polar surface area (TPSA) is 38.1 Å². The molecule has 2 aromatic rings. The number of nitrogens with one attached hydrogen (secondary N) is 1. The third-order valence-corrected chi connectivity index (χ3v) is 2.82. The van der Waals surface area contributed by atoms with E-state index < -0.39 is 0 Å². The molecular weight excluding hydrogens is 196 g/mol. The van der Waals surface area contributed by atoms with Gasteiger partial charge in [0.2, 0.25) is 0 Å². The fraction of sp³-hybridized carbons (Fsp3) is 0.300. The first-order chi connectivity index (χ1) is 6.86. The third-order valence-electron chi connectivity index (χ3n) is 2.04. The first kappa shape index (κ1) is 9.43. The van der Waals surface area contributed by atoms with Crippen LogP contribution in [0.5, 0.6) is 0 Å². The van der Waals surface area contributed by atoms with Gasteiger partial charge in [0.05, 0.1) is 18.3 Å². The molecule has 0 amide bonds. The molecule has 0 aromatic carbocycles. The van der Waals surface area contributed by atoms with Gasteiger partial charge in [0.1, 0.15) is 5.76 Å². The second-order valence-corrected chi connectivity index (χ2v) is 4.07. The van der Waals surface area contributed by atoms with Crippen molar-refractivity contribution in [3.05, 3.63) is 40.2 Å². The average molecular weight is 208 g/mol. The van der Waals surface area contributed by atoms with Crippen molar-refractivity contribution < 1.29 is 4.42 Å². The summed E-state index contributed by atoms with van der Waals surface area (Å²) in [5, 5.41) is 3.31. The Morgan fingerprint density at radius 2 is 2.43 bits per heavy atom. The molecule has 0 saturated heterocycles. The Hall–Kier alpha value is -1.13. The Morgan fingerprint density at radius 3 is 3.07 bits per heavy atom. The predicted octanol–water partition coefficient (Wildman–Crippen LogP) is 2.33. The van der Waals surface area contributed by atoms with Gasteiger partial charge >= 0.3 is 0 Å². The van der Waals surface area contributed by atoms with E-state index in [4.69, 9.17) is 4.42 Å². The van der Waals surface area contributed by atoms with Crippen molar-refractivity contribution in [3.63, 3.8) is 0 Å². The SMILES string of the molecule is Cc1ccoc1CNCc1cncs1. The largest absolute Gasteiger partial charge is 0.468 e. The fourth-order valence-corrected chi connectivity index (χ4v) is 1.78. The molecule has 3 nitrogen and oxygen atoms in total. The minimum Gasteiger partial charge on any atom is -0.468 e. The van der Waals surface area contributed by atoms with Crippen LogP contribution < -0.4 is 5.32 Å². The van der Waals surface area contributed by atoms with Crippen LogP contribution >= 0.6 is 11.3 Å². The van der Waals surface area contributed by atoms with Gasteiger partial charge in [0.25, 0.3) is 0 Å². The molecule has 0 unspecified atom stereocenters. The van der Waals surface area contributed by atoms with Crippen LogP contribution in [-0.4, -0.2) is 4.98 Å². The molecule has 2 heterocycles. The molecule has 0 fully saturated rings. The average Bonchev–Trinajstić information content (AvgIpc) is 2.78. The van der Waals surface area contributed by atoms with Crippen molar-refractivity contribution in [2.24, 2.45) is 0 Å². The summed E-state index contributed by atoms with van der Waals surface area (Å²) in [5.41, 5.74) is 3.04. The molecule has 1 N–H and O–H groups in total. The minimum atomic E-state index is 0.775. The van der Waals surface area contributed by atoms with Gasteiger partial charge in [0, 0.05) is 17.6 Å². The number of rotatable bonds is 4. The first-order valence-electron chi connectivity index (χ1n) is 4.47. The lowest BCUT2D eigenvalue weighted by Crippen LogP contribution is -2.11. The summed E-state index contributed by atoms with van der Waals surface area (Å²) in [7, 11) is 0. The highest BCUT2D eigenvalue weighted by atomic mass is 32.1. The summed E-state index contributed by atoms with van der Waals surface area (Å²) in [6, 6.07) is 1.98. The van der Waals surface area contributed by atoms with Crippen molar-refractivity contribution in [2.45, 2.75) is 20.0 Å². The fourth-order valence-electron chi connectivity index (χ4n) is 1.21. The molecule has 0 saturated carbocycles. The Bertz CT molecular complexity index is 380. The van der Waals surface area contributed by atoms with E-state index in [0.29, 0.717) is 0 Å². The molecule has 0 aliphatic rings. The second-order valence-electron chi connectivity index (χ2n) is 3.10. The Labute approximate surface area is 86.8 Å². The predicted molar refractivity (Wildman–Crippen MR) is 56.1 cm³/mol. The molecule has 0 aliphatic heterocycles. The zero-order valence-electron chi connectivity index (χ0n) is 7.99. The maximum absolute atomic E-state index is 5.31. The van der Waals surface area contributed by atoms with Gasteiger partial charge in [-0.05, 0) is 18.6 Å². The zero-order valence-corrected chi connectivity index (χ0v) is 8.80. The lowest BCUT2D eigenvalue weighted by Gasteiger charge is -2.00. The van der Waals surface area contributed by atoms with Gasteiger partial charge in [-0.25, -0.2) is 0 Å². The standard InChI is InChI=1S/C10H12N2OS/c1-8-2-3-13-10(8)6-11-4-9-5-12-7-14-9/h2-3,5,7,11H,4,6H2,1H3. The van der Waals surface area contributed by atoms with Crippen LogP contribution in [0.4, 0.5) is 0 Å². The lowest BCUT2D eigenvalue weighted by atomic mass is 10.3. The van der Waals surface area contributed by atoms with Crippen LogP contribution in [0.15, 0.2) is 28.5 Å². The van der Waals surface area contributed by atoms with Crippen molar-refractivity contribution in [1.29, 1.82) is 0 Å². The van der Waals surface area contributed by atoms with Crippen LogP contribution in [0.1, 0.15) is 16.2 Å². The van der Waals surface area contributed by atoms with Crippen LogP contribution in [0, 0.1) is 6.92 Å². The number of aryl methyl sites for hydroxylation is 1. The number of hydrogen-bond donors (Lipinski definition) is 1. The number of thiazole rings is 1. The quantitative estimate of drug-likeness (QED) is 0.838. The van der Waals surface area contributed by atoms with Crippen molar-refractivity contribution in [2.75, 3.05) is 0 Å². The molecular formula is C10H12N2OS. The minimum absolute atomic E-state index is 0.775. The molecule has 0 spiro atoms. The summed E-state index contributed by atoms with van der Waals surface area (Å²) in [6.45, 7) is 3.68. The monoisotopic (exact) mass is 208 g/mol. The summed E-state index contributed by atoms with van der Waals surface area (Å²) in [6.07, 6.45) is 3.60. The maximum atomic E-state index is 5.31. The summed E-state index contributed by atoms with van der Waals surface area (Å²) >= 11 is 1.66. The second kappa shape index (κ2) is 4.39. The van der Waals surface area contributed by atoms with Crippen LogP contribution in [-0.2, 0) is 13.1 Å². The smallest absolute Gasteiger partial charge is 0.120 e. The number of hydrogen-bond acceptors (Lipinski definition) is 4. The van der Waals surface area contributed by atoms with Crippen LogP contribution in [0.2, 0.25) is 0 Å². The molecule has 0 aliphatic carbocycles. The molecule has 0 radical (unpaired) electrons. The molecule has 0 atom stereocenters. The zero-order chi connectivity index (χ0) is 9.80. The number of aromatic nitrogens is 1. The maximum Gasteiger partial charge on any atom is 0.120 e. The summed E-state index contributed by atoms with van der Waals surface area (Å²) in [5.74, 6) is 1.01. The van der Waals surface area contributed by atoms with E-state index in [9.17, 15) is 0 Å². The molecule has 2 aromatic heterocycles. The molecule has 2 rings (SSSR count). The van der Waals surface area contributed by atoms with E-state index in [1.54, 1.807) is 17.6 Å². The van der Waals surface area contributed by atoms with Gasteiger partial charge in [-0.15, -0.1) is 11.3 Å². The third kappa shape index (κ3) is 2.21. The van der Waals surface area contributed by atoms with E-state index in [2.05, 4.69) is 10.3 Å². The molecule has 0 bridgehead atoms.